The molecule has 2 heterocycles. The van der Waals surface area contributed by atoms with Gasteiger partial charge in [0, 0.05) is 44.1 Å². The van der Waals surface area contributed by atoms with E-state index in [0.717, 1.165) is 0 Å². The number of nitrogens with zero attached hydrogens (tertiary/aromatic N) is 1. The Balaban J connectivity index is 1.73. The highest BCUT2D eigenvalue weighted by atomic mass is 32.2. The van der Waals surface area contributed by atoms with E-state index in [0.29, 0.717) is 19.6 Å². The lowest BCUT2D eigenvalue weighted by atomic mass is 10.1. The molecule has 1 atom stereocenters. The molecule has 1 N–H and O–H groups in total. The van der Waals surface area contributed by atoms with Gasteiger partial charge in [-0.3, -0.25) is 4.79 Å². The zero-order valence-electron chi connectivity index (χ0n) is 13.6. The summed E-state index contributed by atoms with van der Waals surface area (Å²) in [7, 11) is -3.77. The summed E-state index contributed by atoms with van der Waals surface area (Å²) in [6.07, 6.45) is -0.153. The van der Waals surface area contributed by atoms with Gasteiger partial charge in [0.2, 0.25) is 10.0 Å². The standard InChI is InChI=1S/C16H20F2N2O4S/c17-16(18)5-7-20(8-6-16)15(21)12-2-1-3-14(10-12)25(22,23)19-13-4-9-24-11-13/h1-3,10,13,19H,4-9,11H2/t13-/m0/s1. The number of rotatable bonds is 4. The van der Waals surface area contributed by atoms with E-state index in [1.54, 1.807) is 0 Å². The van der Waals surface area contributed by atoms with Crippen molar-refractivity contribution < 1.29 is 26.7 Å². The van der Waals surface area contributed by atoms with E-state index in [9.17, 15) is 22.0 Å². The number of sulfonamides is 1. The summed E-state index contributed by atoms with van der Waals surface area (Å²) < 4.78 is 59.0. The minimum atomic E-state index is -3.77. The second-order valence-electron chi connectivity index (χ2n) is 6.36. The van der Waals surface area contributed by atoms with Crippen molar-refractivity contribution in [3.8, 4) is 0 Å². The SMILES string of the molecule is O=C(c1cccc(S(=O)(=O)N[C@H]2CCOC2)c1)N1CCC(F)(F)CC1. The van der Waals surface area contributed by atoms with Gasteiger partial charge in [-0.05, 0) is 24.6 Å². The van der Waals surface area contributed by atoms with Gasteiger partial charge in [-0.15, -0.1) is 0 Å². The fourth-order valence-electron chi connectivity index (χ4n) is 2.93. The van der Waals surface area contributed by atoms with Crippen molar-refractivity contribution in [3.63, 3.8) is 0 Å². The maximum Gasteiger partial charge on any atom is 0.253 e. The normalized spacial score (nSPS) is 23.6. The molecule has 0 aliphatic carbocycles. The molecule has 1 aromatic carbocycles. The van der Waals surface area contributed by atoms with Crippen LogP contribution in [0.5, 0.6) is 0 Å². The van der Waals surface area contributed by atoms with Gasteiger partial charge in [0.05, 0.1) is 11.5 Å². The number of carbonyl (C=O) groups is 1. The largest absolute Gasteiger partial charge is 0.380 e. The fourth-order valence-corrected chi connectivity index (χ4v) is 4.23. The average molecular weight is 374 g/mol. The third kappa shape index (κ3) is 4.34. The summed E-state index contributed by atoms with van der Waals surface area (Å²) in [6.45, 7) is 0.742. The number of hydrogen-bond donors (Lipinski definition) is 1. The maximum absolute atomic E-state index is 13.2. The highest BCUT2D eigenvalue weighted by Crippen LogP contribution is 2.28. The summed E-state index contributed by atoms with van der Waals surface area (Å²) in [5, 5.41) is 0. The lowest BCUT2D eigenvalue weighted by molar-refractivity contribution is -0.0494. The average Bonchev–Trinajstić information content (AvgIpc) is 3.06. The molecule has 0 unspecified atom stereocenters. The molecule has 0 radical (unpaired) electrons. The fraction of sp³-hybridized carbons (Fsp3) is 0.562. The lowest BCUT2D eigenvalue weighted by Crippen LogP contribution is -2.42. The van der Waals surface area contributed by atoms with Crippen molar-refractivity contribution in [2.24, 2.45) is 0 Å². The van der Waals surface area contributed by atoms with Crippen LogP contribution in [-0.2, 0) is 14.8 Å². The van der Waals surface area contributed by atoms with Crippen LogP contribution in [0, 0.1) is 0 Å². The molecule has 2 aliphatic heterocycles. The van der Waals surface area contributed by atoms with Crippen LogP contribution in [0.25, 0.3) is 0 Å². The monoisotopic (exact) mass is 374 g/mol. The molecule has 3 rings (SSSR count). The molecular formula is C16H20F2N2O4S. The Kier molecular flexibility index (Phi) is 5.08. The van der Waals surface area contributed by atoms with Crippen LogP contribution in [0.2, 0.25) is 0 Å². The van der Waals surface area contributed by atoms with E-state index in [4.69, 9.17) is 4.74 Å². The molecule has 9 heteroatoms. The summed E-state index contributed by atoms with van der Waals surface area (Å²) in [5.41, 5.74) is 0.177. The molecule has 25 heavy (non-hydrogen) atoms. The van der Waals surface area contributed by atoms with E-state index in [1.807, 2.05) is 0 Å². The van der Waals surface area contributed by atoms with Gasteiger partial charge in [0.1, 0.15) is 0 Å². The van der Waals surface area contributed by atoms with E-state index >= 15 is 0 Å². The topological polar surface area (TPSA) is 75.7 Å². The number of likely N-dealkylation sites (tertiary alicyclic amines) is 1. The number of benzene rings is 1. The number of piperidine rings is 1. The predicted octanol–water partition coefficient (Wildman–Crippen LogP) is 1.63. The van der Waals surface area contributed by atoms with Gasteiger partial charge in [0.25, 0.3) is 11.8 Å². The third-order valence-corrected chi connectivity index (χ3v) is 5.94. The zero-order valence-corrected chi connectivity index (χ0v) is 14.4. The van der Waals surface area contributed by atoms with Crippen molar-refractivity contribution in [2.45, 2.75) is 36.1 Å². The molecule has 1 aromatic rings. The summed E-state index contributed by atoms with van der Waals surface area (Å²) in [5.74, 6) is -3.17. The highest BCUT2D eigenvalue weighted by molar-refractivity contribution is 7.89. The van der Waals surface area contributed by atoms with E-state index in [-0.39, 0.29) is 42.4 Å². The molecule has 2 fully saturated rings. The van der Waals surface area contributed by atoms with Gasteiger partial charge in [-0.1, -0.05) is 6.07 Å². The summed E-state index contributed by atoms with van der Waals surface area (Å²) >= 11 is 0. The number of ether oxygens (including phenoxy) is 1. The Labute approximate surface area is 145 Å². The molecule has 0 aromatic heterocycles. The molecule has 2 saturated heterocycles. The van der Waals surface area contributed by atoms with Gasteiger partial charge >= 0.3 is 0 Å². The molecule has 6 nitrogen and oxygen atoms in total. The Bertz CT molecular complexity index is 738. The third-order valence-electron chi connectivity index (χ3n) is 4.42. The molecule has 1 amide bonds. The first-order chi connectivity index (χ1) is 11.8. The van der Waals surface area contributed by atoms with E-state index in [2.05, 4.69) is 4.72 Å². The molecule has 138 valence electrons. The first-order valence-corrected chi connectivity index (χ1v) is 9.62. The van der Waals surface area contributed by atoms with Crippen molar-refractivity contribution in [2.75, 3.05) is 26.3 Å². The minimum Gasteiger partial charge on any atom is -0.380 e. The van der Waals surface area contributed by atoms with E-state index in [1.165, 1.54) is 29.2 Å². The van der Waals surface area contributed by atoms with Crippen LogP contribution >= 0.6 is 0 Å². The highest BCUT2D eigenvalue weighted by Gasteiger charge is 2.36. The van der Waals surface area contributed by atoms with Crippen molar-refractivity contribution >= 4 is 15.9 Å². The molecule has 0 bridgehead atoms. The van der Waals surface area contributed by atoms with Gasteiger partial charge in [0.15, 0.2) is 0 Å². The molecular weight excluding hydrogens is 354 g/mol. The van der Waals surface area contributed by atoms with Crippen LogP contribution in [-0.4, -0.2) is 57.5 Å². The predicted molar refractivity (Wildman–Crippen MR) is 86.1 cm³/mol. The maximum atomic E-state index is 13.2. The van der Waals surface area contributed by atoms with Gasteiger partial charge in [-0.2, -0.15) is 0 Å². The number of amides is 1. The van der Waals surface area contributed by atoms with Crippen molar-refractivity contribution in [1.29, 1.82) is 0 Å². The zero-order chi connectivity index (χ0) is 18.1. The number of hydrogen-bond acceptors (Lipinski definition) is 4. The first-order valence-electron chi connectivity index (χ1n) is 8.14. The smallest absolute Gasteiger partial charge is 0.253 e. The van der Waals surface area contributed by atoms with Crippen LogP contribution in [0.3, 0.4) is 0 Å². The van der Waals surface area contributed by atoms with E-state index < -0.39 is 21.9 Å². The number of alkyl halides is 2. The second-order valence-corrected chi connectivity index (χ2v) is 8.07. The van der Waals surface area contributed by atoms with Crippen molar-refractivity contribution in [1.82, 2.24) is 9.62 Å². The molecule has 0 spiro atoms. The van der Waals surface area contributed by atoms with Gasteiger partial charge < -0.3 is 9.64 Å². The first kappa shape index (κ1) is 18.2. The van der Waals surface area contributed by atoms with Crippen molar-refractivity contribution in [3.05, 3.63) is 29.8 Å². The Morgan fingerprint density at radius 1 is 1.28 bits per heavy atom. The molecule has 2 aliphatic rings. The quantitative estimate of drug-likeness (QED) is 0.869. The summed E-state index contributed by atoms with van der Waals surface area (Å²) in [6, 6.07) is 5.37. The lowest BCUT2D eigenvalue weighted by Gasteiger charge is -2.31. The number of nitrogens with one attached hydrogen (secondary N) is 1. The Hall–Kier alpha value is -1.58. The summed E-state index contributed by atoms with van der Waals surface area (Å²) in [4.78, 5) is 13.8. The van der Waals surface area contributed by atoms with Crippen LogP contribution in [0.1, 0.15) is 29.6 Å². The minimum absolute atomic E-state index is 0.0208. The van der Waals surface area contributed by atoms with Crippen LogP contribution in [0.15, 0.2) is 29.2 Å². The van der Waals surface area contributed by atoms with Gasteiger partial charge in [-0.25, -0.2) is 21.9 Å². The Morgan fingerprint density at radius 3 is 2.64 bits per heavy atom. The Morgan fingerprint density at radius 2 is 2.00 bits per heavy atom. The second kappa shape index (κ2) is 6.97. The van der Waals surface area contributed by atoms with Crippen LogP contribution < -0.4 is 4.72 Å². The number of carbonyl (C=O) groups excluding carboxylic acids is 1. The molecule has 0 saturated carbocycles. The van der Waals surface area contributed by atoms with Crippen LogP contribution in [0.4, 0.5) is 8.78 Å². The number of halogens is 2.